The predicted molar refractivity (Wildman–Crippen MR) is 153 cm³/mol. The number of hydrogen-bond acceptors (Lipinski definition) is 10. The van der Waals surface area contributed by atoms with Crippen molar-refractivity contribution >= 4 is 34.7 Å². The number of phenolic OH excluding ortho intramolecular Hbond substituents is 1. The molecule has 0 saturated carbocycles. The molecule has 0 spiro atoms. The van der Waals surface area contributed by atoms with Crippen LogP contribution in [-0.4, -0.2) is 52.7 Å². The van der Waals surface area contributed by atoms with Crippen LogP contribution in [0.15, 0.2) is 65.0 Å². The van der Waals surface area contributed by atoms with Gasteiger partial charge in [0, 0.05) is 30.1 Å². The number of hydrogen-bond donors (Lipinski definition) is 4. The Morgan fingerprint density at radius 1 is 1.11 bits per heavy atom. The molecule has 0 unspecified atom stereocenters. The number of nitrogens with zero attached hydrogens (tertiary/aromatic N) is 3. The first-order valence-electron chi connectivity index (χ1n) is 12.2. The van der Waals surface area contributed by atoms with Gasteiger partial charge in [0.1, 0.15) is 17.6 Å². The zero-order chi connectivity index (χ0) is 26.7. The first kappa shape index (κ1) is 27.4. The number of aromatic hydroxyl groups is 1. The van der Waals surface area contributed by atoms with Gasteiger partial charge < -0.3 is 25.6 Å². The van der Waals surface area contributed by atoms with Crippen molar-refractivity contribution in [3.63, 3.8) is 0 Å². The summed E-state index contributed by atoms with van der Waals surface area (Å²) in [6.07, 6.45) is 5.24. The van der Waals surface area contributed by atoms with E-state index in [-0.39, 0.29) is 12.4 Å². The number of ether oxygens (including phenoxy) is 1. The maximum absolute atomic E-state index is 10.1. The van der Waals surface area contributed by atoms with Gasteiger partial charge in [0.15, 0.2) is 0 Å². The molecule has 0 saturated heterocycles. The first-order valence-corrected chi connectivity index (χ1v) is 14.2. The van der Waals surface area contributed by atoms with Crippen LogP contribution in [0.2, 0.25) is 0 Å². The summed E-state index contributed by atoms with van der Waals surface area (Å²) in [5.41, 5.74) is 3.56. The number of nitriles is 1. The Morgan fingerprint density at radius 2 is 1.95 bits per heavy atom. The fourth-order valence-corrected chi connectivity index (χ4v) is 5.74. The summed E-state index contributed by atoms with van der Waals surface area (Å²) < 4.78 is 6.77. The number of aliphatic hydroxyl groups is 1. The molecular weight excluding hydrogens is 518 g/mol. The van der Waals surface area contributed by atoms with E-state index in [4.69, 9.17) is 14.8 Å². The second kappa shape index (κ2) is 13.8. The molecule has 4 rings (SSSR count). The third-order valence-electron chi connectivity index (χ3n) is 5.56. The van der Waals surface area contributed by atoms with Crippen LogP contribution in [0.3, 0.4) is 0 Å². The first-order chi connectivity index (χ1) is 18.6. The molecule has 8 nitrogen and oxygen atoms in total. The molecule has 0 atom stereocenters. The number of nitrogens with one attached hydrogen (secondary N) is 2. The summed E-state index contributed by atoms with van der Waals surface area (Å²) >= 11 is 3.02. The molecule has 2 aromatic carbocycles. The molecule has 0 radical (unpaired) electrons. The van der Waals surface area contributed by atoms with E-state index in [9.17, 15) is 10.4 Å². The second-order valence-corrected chi connectivity index (χ2v) is 10.4. The van der Waals surface area contributed by atoms with Gasteiger partial charge in [-0.2, -0.15) is 5.26 Å². The SMILES string of the molecule is CSc1sc(-c2ccnc(Nc3cccc(OCCCNCCCO)c3)n2)c(-c2cccc(O)c2)c1C#N. The largest absolute Gasteiger partial charge is 0.508 e. The van der Waals surface area contributed by atoms with Gasteiger partial charge in [0.25, 0.3) is 0 Å². The highest BCUT2D eigenvalue weighted by Crippen LogP contribution is 2.46. The van der Waals surface area contributed by atoms with Gasteiger partial charge in [-0.25, -0.2) is 9.97 Å². The molecule has 196 valence electrons. The molecule has 0 aliphatic carbocycles. The zero-order valence-electron chi connectivity index (χ0n) is 21.0. The minimum absolute atomic E-state index is 0.138. The quantitative estimate of drug-likeness (QED) is 0.124. The lowest BCUT2D eigenvalue weighted by Gasteiger charge is -2.10. The summed E-state index contributed by atoms with van der Waals surface area (Å²) in [6, 6.07) is 18.7. The van der Waals surface area contributed by atoms with Crippen LogP contribution in [0.25, 0.3) is 21.7 Å². The van der Waals surface area contributed by atoms with Gasteiger partial charge in [-0.05, 0) is 68.1 Å². The van der Waals surface area contributed by atoms with Crippen molar-refractivity contribution in [1.29, 1.82) is 5.26 Å². The standard InChI is InChI=1S/C28H29N5O3S2/c1-37-27-23(18-29)25(19-6-2-8-21(35)16-19)26(38-27)24-10-13-31-28(33-24)32-20-7-3-9-22(17-20)36-15-5-12-30-11-4-14-34/h2-3,6-10,13,16-17,30,34-35H,4-5,11-12,14-15H2,1H3,(H,31,32,33). The molecular formula is C28H29N5O3S2. The molecule has 0 bridgehead atoms. The number of aliphatic hydroxyl groups excluding tert-OH is 1. The number of rotatable bonds is 13. The van der Waals surface area contributed by atoms with Crippen molar-refractivity contribution < 1.29 is 14.9 Å². The smallest absolute Gasteiger partial charge is 0.227 e. The number of thioether (sulfide) groups is 1. The monoisotopic (exact) mass is 547 g/mol. The van der Waals surface area contributed by atoms with E-state index in [1.165, 1.54) is 23.1 Å². The van der Waals surface area contributed by atoms with Crippen LogP contribution in [0.5, 0.6) is 11.5 Å². The van der Waals surface area contributed by atoms with Crippen LogP contribution in [0.4, 0.5) is 11.6 Å². The van der Waals surface area contributed by atoms with Gasteiger partial charge in [-0.3, -0.25) is 0 Å². The van der Waals surface area contributed by atoms with Gasteiger partial charge in [0.05, 0.1) is 27.0 Å². The van der Waals surface area contributed by atoms with Crippen molar-refractivity contribution in [2.75, 3.05) is 37.9 Å². The second-order valence-electron chi connectivity index (χ2n) is 8.28. The fraction of sp³-hybridized carbons (Fsp3) is 0.250. The van der Waals surface area contributed by atoms with Crippen molar-refractivity contribution in [1.82, 2.24) is 15.3 Å². The number of anilines is 2. The van der Waals surface area contributed by atoms with Crippen LogP contribution >= 0.6 is 23.1 Å². The van der Waals surface area contributed by atoms with E-state index in [2.05, 4.69) is 21.7 Å². The molecule has 0 fully saturated rings. The van der Waals surface area contributed by atoms with E-state index in [1.54, 1.807) is 24.4 Å². The highest BCUT2D eigenvalue weighted by molar-refractivity contribution is 8.00. The molecule has 10 heteroatoms. The van der Waals surface area contributed by atoms with Crippen LogP contribution in [0, 0.1) is 11.3 Å². The topological polar surface area (TPSA) is 123 Å². The van der Waals surface area contributed by atoms with E-state index >= 15 is 0 Å². The van der Waals surface area contributed by atoms with Crippen molar-refractivity contribution in [2.24, 2.45) is 0 Å². The molecule has 4 N–H and O–H groups in total. The Hall–Kier alpha value is -3.62. The van der Waals surface area contributed by atoms with Crippen LogP contribution in [0.1, 0.15) is 18.4 Å². The lowest BCUT2D eigenvalue weighted by Crippen LogP contribution is -2.19. The normalized spacial score (nSPS) is 10.8. The number of thiophene rings is 1. The maximum atomic E-state index is 10.1. The molecule has 2 heterocycles. The molecule has 2 aromatic heterocycles. The van der Waals surface area contributed by atoms with Crippen molar-refractivity contribution in [3.05, 3.63) is 66.4 Å². The number of phenols is 1. The molecule has 38 heavy (non-hydrogen) atoms. The molecule has 0 aliphatic rings. The van der Waals surface area contributed by atoms with Crippen molar-refractivity contribution in [2.45, 2.75) is 17.1 Å². The highest BCUT2D eigenvalue weighted by Gasteiger charge is 2.22. The third kappa shape index (κ3) is 7.02. The Balaban J connectivity index is 1.52. The van der Waals surface area contributed by atoms with Gasteiger partial charge in [0.2, 0.25) is 5.95 Å². The Morgan fingerprint density at radius 3 is 2.74 bits per heavy atom. The molecule has 4 aromatic rings. The summed E-state index contributed by atoms with van der Waals surface area (Å²) in [5, 5.41) is 35.3. The average Bonchev–Trinajstić information content (AvgIpc) is 3.32. The number of aromatic nitrogens is 2. The molecule has 0 amide bonds. The third-order valence-corrected chi connectivity index (χ3v) is 7.90. The average molecular weight is 548 g/mol. The molecule has 0 aliphatic heterocycles. The van der Waals surface area contributed by atoms with E-state index in [0.717, 1.165) is 57.6 Å². The van der Waals surface area contributed by atoms with Crippen molar-refractivity contribution in [3.8, 4) is 39.3 Å². The Kier molecular flexibility index (Phi) is 9.95. The summed E-state index contributed by atoms with van der Waals surface area (Å²) in [5.74, 6) is 1.31. The minimum atomic E-state index is 0.138. The van der Waals surface area contributed by atoms with Gasteiger partial charge >= 0.3 is 0 Å². The fourth-order valence-electron chi connectivity index (χ4n) is 3.83. The van der Waals surface area contributed by atoms with E-state index in [1.807, 2.05) is 42.7 Å². The number of benzene rings is 2. The minimum Gasteiger partial charge on any atom is -0.508 e. The summed E-state index contributed by atoms with van der Waals surface area (Å²) in [4.78, 5) is 9.98. The zero-order valence-corrected chi connectivity index (χ0v) is 22.6. The van der Waals surface area contributed by atoms with Crippen LogP contribution < -0.4 is 15.4 Å². The summed E-state index contributed by atoms with van der Waals surface area (Å²) in [7, 11) is 0. The lowest BCUT2D eigenvalue weighted by molar-refractivity contribution is 0.282. The highest BCUT2D eigenvalue weighted by atomic mass is 32.2. The van der Waals surface area contributed by atoms with Gasteiger partial charge in [-0.1, -0.05) is 18.2 Å². The Bertz CT molecular complexity index is 1400. The van der Waals surface area contributed by atoms with Gasteiger partial charge in [-0.15, -0.1) is 23.1 Å². The van der Waals surface area contributed by atoms with E-state index < -0.39 is 0 Å². The maximum Gasteiger partial charge on any atom is 0.227 e. The Labute approximate surface area is 230 Å². The van der Waals surface area contributed by atoms with E-state index in [0.29, 0.717) is 23.8 Å². The lowest BCUT2D eigenvalue weighted by atomic mass is 10.0. The predicted octanol–water partition coefficient (Wildman–Crippen LogP) is 5.66. The van der Waals surface area contributed by atoms with Crippen LogP contribution in [-0.2, 0) is 0 Å². The summed E-state index contributed by atoms with van der Waals surface area (Å²) in [6.45, 7) is 2.41.